The number of hydrogen-bond acceptors (Lipinski definition) is 0. The Morgan fingerprint density at radius 3 is 2.33 bits per heavy atom. The SMILES string of the molecule is [Sn+][CH](CCCc1cccc2ccccc12)c1ccccc1. The number of aryl methyl sites for hydroxylation is 1. The van der Waals surface area contributed by atoms with E-state index in [1.54, 1.807) is 22.5 Å². The van der Waals surface area contributed by atoms with Crippen LogP contribution in [-0.4, -0.2) is 22.5 Å². The van der Waals surface area contributed by atoms with Gasteiger partial charge in [-0.15, -0.1) is 0 Å². The molecule has 0 spiro atoms. The van der Waals surface area contributed by atoms with Gasteiger partial charge in [-0.3, -0.25) is 0 Å². The van der Waals surface area contributed by atoms with Gasteiger partial charge in [-0.05, 0) is 0 Å². The first-order valence-electron chi connectivity index (χ1n) is 7.57. The molecule has 0 bridgehead atoms. The van der Waals surface area contributed by atoms with Gasteiger partial charge in [-0.2, -0.15) is 0 Å². The van der Waals surface area contributed by atoms with E-state index in [1.165, 1.54) is 41.2 Å². The van der Waals surface area contributed by atoms with E-state index in [2.05, 4.69) is 72.8 Å². The fourth-order valence-electron chi connectivity index (χ4n) is 2.86. The molecule has 3 rings (SSSR count). The summed E-state index contributed by atoms with van der Waals surface area (Å²) >= 11 is 1.62. The first-order chi connectivity index (χ1) is 10.3. The van der Waals surface area contributed by atoms with Crippen molar-refractivity contribution in [3.63, 3.8) is 0 Å². The molecule has 0 N–H and O–H groups in total. The second-order valence-electron chi connectivity index (χ2n) is 5.49. The van der Waals surface area contributed by atoms with Crippen molar-refractivity contribution in [2.24, 2.45) is 0 Å². The second-order valence-corrected chi connectivity index (χ2v) is 7.48. The van der Waals surface area contributed by atoms with Crippen LogP contribution in [0.3, 0.4) is 0 Å². The Morgan fingerprint density at radius 1 is 0.762 bits per heavy atom. The molecule has 0 fully saturated rings. The molecule has 0 saturated heterocycles. The fourth-order valence-corrected chi connectivity index (χ4v) is 3.99. The quantitative estimate of drug-likeness (QED) is 0.544. The number of hydrogen-bond donors (Lipinski definition) is 0. The van der Waals surface area contributed by atoms with Crippen LogP contribution in [0.1, 0.15) is 27.9 Å². The summed E-state index contributed by atoms with van der Waals surface area (Å²) in [5, 5.41) is 2.78. The molecule has 0 aliphatic rings. The Hall–Kier alpha value is -1.28. The zero-order valence-electron chi connectivity index (χ0n) is 12.1. The van der Waals surface area contributed by atoms with Crippen LogP contribution >= 0.6 is 0 Å². The van der Waals surface area contributed by atoms with Crippen molar-refractivity contribution in [1.82, 2.24) is 0 Å². The topological polar surface area (TPSA) is 0 Å². The van der Waals surface area contributed by atoms with Gasteiger partial charge >= 0.3 is 140 Å². The Bertz CT molecular complexity index is 698. The van der Waals surface area contributed by atoms with Crippen molar-refractivity contribution in [3.05, 3.63) is 83.9 Å². The first-order valence-corrected chi connectivity index (χ1v) is 9.22. The third kappa shape index (κ3) is 3.68. The maximum atomic E-state index is 2.28. The Morgan fingerprint density at radius 2 is 1.48 bits per heavy atom. The zero-order chi connectivity index (χ0) is 14.5. The third-order valence-electron chi connectivity index (χ3n) is 4.02. The molecule has 102 valence electrons. The molecule has 0 saturated carbocycles. The average molecular weight is 378 g/mol. The van der Waals surface area contributed by atoms with Gasteiger partial charge in [0.05, 0.1) is 0 Å². The molecule has 2 radical (unpaired) electrons. The van der Waals surface area contributed by atoms with E-state index in [0.29, 0.717) is 0 Å². The van der Waals surface area contributed by atoms with Crippen LogP contribution in [0.25, 0.3) is 10.8 Å². The first kappa shape index (κ1) is 14.6. The van der Waals surface area contributed by atoms with E-state index >= 15 is 0 Å². The van der Waals surface area contributed by atoms with Gasteiger partial charge in [0.15, 0.2) is 0 Å². The molecular weight excluding hydrogens is 359 g/mol. The summed E-state index contributed by atoms with van der Waals surface area (Å²) < 4.78 is 0.730. The second kappa shape index (κ2) is 7.13. The van der Waals surface area contributed by atoms with Crippen molar-refractivity contribution in [2.75, 3.05) is 0 Å². The molecule has 1 heteroatoms. The van der Waals surface area contributed by atoms with Crippen molar-refractivity contribution < 1.29 is 0 Å². The molecule has 0 aliphatic carbocycles. The molecule has 3 aromatic carbocycles. The minimum atomic E-state index is 0.730. The van der Waals surface area contributed by atoms with Crippen LogP contribution in [0.15, 0.2) is 72.8 Å². The van der Waals surface area contributed by atoms with Gasteiger partial charge in [-0.1, -0.05) is 0 Å². The normalized spacial score (nSPS) is 12.4. The van der Waals surface area contributed by atoms with Gasteiger partial charge in [-0.25, -0.2) is 0 Å². The summed E-state index contributed by atoms with van der Waals surface area (Å²) in [6, 6.07) is 26.3. The minimum absolute atomic E-state index is 0.730. The number of benzene rings is 3. The predicted molar refractivity (Wildman–Crippen MR) is 91.8 cm³/mol. The van der Waals surface area contributed by atoms with E-state index in [1.807, 2.05) is 0 Å². The Labute approximate surface area is 140 Å². The monoisotopic (exact) mass is 379 g/mol. The van der Waals surface area contributed by atoms with Crippen LogP contribution in [0.4, 0.5) is 0 Å². The number of fused-ring (bicyclic) bond motifs is 1. The van der Waals surface area contributed by atoms with Crippen LogP contribution < -0.4 is 0 Å². The summed E-state index contributed by atoms with van der Waals surface area (Å²) in [5.41, 5.74) is 2.98. The summed E-state index contributed by atoms with van der Waals surface area (Å²) in [4.78, 5) is 0. The standard InChI is InChI=1S/C20H19.Sn/c1-2-9-17(10-3-1)11-4-5-12-18-14-8-15-19-13-6-7-16-20(18)19;/h1-3,6-11,13-16H,4-5,12H2;/q;+1. The molecule has 1 unspecified atom stereocenters. The van der Waals surface area contributed by atoms with Crippen LogP contribution in [0.2, 0.25) is 0 Å². The van der Waals surface area contributed by atoms with Crippen molar-refractivity contribution in [3.8, 4) is 0 Å². The van der Waals surface area contributed by atoms with Crippen LogP contribution in [-0.2, 0) is 6.42 Å². The summed E-state index contributed by atoms with van der Waals surface area (Å²) in [6.45, 7) is 0. The van der Waals surface area contributed by atoms with E-state index in [4.69, 9.17) is 0 Å². The molecule has 0 nitrogen and oxygen atoms in total. The summed E-state index contributed by atoms with van der Waals surface area (Å²) in [6.07, 6.45) is 3.73. The van der Waals surface area contributed by atoms with Crippen LogP contribution in [0.5, 0.6) is 0 Å². The van der Waals surface area contributed by atoms with Gasteiger partial charge in [0, 0.05) is 0 Å². The van der Waals surface area contributed by atoms with Crippen molar-refractivity contribution in [2.45, 2.75) is 23.2 Å². The molecule has 0 amide bonds. The molecule has 1 atom stereocenters. The molecule has 21 heavy (non-hydrogen) atoms. The maximum absolute atomic E-state index is 2.28. The van der Waals surface area contributed by atoms with E-state index in [-0.39, 0.29) is 0 Å². The van der Waals surface area contributed by atoms with Crippen molar-refractivity contribution in [1.29, 1.82) is 0 Å². The van der Waals surface area contributed by atoms with Gasteiger partial charge < -0.3 is 0 Å². The molecule has 0 aromatic heterocycles. The van der Waals surface area contributed by atoms with E-state index in [9.17, 15) is 0 Å². The predicted octanol–water partition coefficient (Wildman–Crippen LogP) is 5.07. The zero-order valence-corrected chi connectivity index (χ0v) is 15.0. The van der Waals surface area contributed by atoms with Crippen molar-refractivity contribution >= 4 is 33.3 Å². The Balaban J connectivity index is 1.65. The van der Waals surface area contributed by atoms with Gasteiger partial charge in [0.1, 0.15) is 0 Å². The summed E-state index contributed by atoms with van der Waals surface area (Å²) in [5.74, 6) is 0. The van der Waals surface area contributed by atoms with Gasteiger partial charge in [0.25, 0.3) is 0 Å². The molecule has 0 aliphatic heterocycles. The fraction of sp³-hybridized carbons (Fsp3) is 0.200. The molecule has 3 aromatic rings. The average Bonchev–Trinajstić information content (AvgIpc) is 2.56. The summed E-state index contributed by atoms with van der Waals surface area (Å²) in [7, 11) is 0. The van der Waals surface area contributed by atoms with Gasteiger partial charge in [0.2, 0.25) is 0 Å². The third-order valence-corrected chi connectivity index (χ3v) is 5.80. The van der Waals surface area contributed by atoms with E-state index in [0.717, 1.165) is 3.93 Å². The molecular formula is C20H19Sn+. The molecule has 0 heterocycles. The number of rotatable bonds is 5. The van der Waals surface area contributed by atoms with Crippen LogP contribution in [0, 0.1) is 0 Å². The Kier molecular flexibility index (Phi) is 4.97. The van der Waals surface area contributed by atoms with E-state index < -0.39 is 0 Å².